The van der Waals surface area contributed by atoms with E-state index in [1.807, 2.05) is 17.8 Å². The van der Waals surface area contributed by atoms with Crippen molar-refractivity contribution in [3.05, 3.63) is 29.7 Å². The van der Waals surface area contributed by atoms with E-state index in [2.05, 4.69) is 29.4 Å². The fraction of sp³-hybridized carbons (Fsp3) is 0.588. The molecular weight excluding hydrogens is 290 g/mol. The molecule has 0 bridgehead atoms. The summed E-state index contributed by atoms with van der Waals surface area (Å²) in [7, 11) is 1.85. The lowest BCUT2D eigenvalue weighted by molar-refractivity contribution is 0.101. The van der Waals surface area contributed by atoms with E-state index >= 15 is 0 Å². The fourth-order valence-corrected chi connectivity index (χ4v) is 3.28. The van der Waals surface area contributed by atoms with Gasteiger partial charge in [0.2, 0.25) is 0 Å². The van der Waals surface area contributed by atoms with Gasteiger partial charge in [0.15, 0.2) is 0 Å². The molecular formula is C17H25N5O. The van der Waals surface area contributed by atoms with Gasteiger partial charge >= 0.3 is 0 Å². The van der Waals surface area contributed by atoms with Crippen LogP contribution in [0.15, 0.2) is 18.3 Å². The number of rotatable bonds is 5. The van der Waals surface area contributed by atoms with E-state index in [4.69, 9.17) is 0 Å². The number of nitrogens with zero attached hydrogens (tertiary/aromatic N) is 4. The van der Waals surface area contributed by atoms with E-state index in [9.17, 15) is 4.79 Å². The normalized spacial score (nSPS) is 15.5. The predicted molar refractivity (Wildman–Crippen MR) is 89.4 cm³/mol. The lowest BCUT2D eigenvalue weighted by Gasteiger charge is -2.13. The van der Waals surface area contributed by atoms with E-state index in [1.165, 1.54) is 12.8 Å². The predicted octanol–water partition coefficient (Wildman–Crippen LogP) is 3.18. The highest BCUT2D eigenvalue weighted by atomic mass is 16.2. The summed E-state index contributed by atoms with van der Waals surface area (Å²) in [6.45, 7) is 4.32. The molecule has 124 valence electrons. The van der Waals surface area contributed by atoms with Gasteiger partial charge in [-0.1, -0.05) is 26.7 Å². The van der Waals surface area contributed by atoms with Gasteiger partial charge in [-0.3, -0.25) is 14.2 Å². The van der Waals surface area contributed by atoms with Crippen LogP contribution in [0.1, 0.15) is 61.8 Å². The molecule has 0 aliphatic heterocycles. The molecule has 23 heavy (non-hydrogen) atoms. The Labute approximate surface area is 136 Å². The Bertz CT molecular complexity index is 679. The quantitative estimate of drug-likeness (QED) is 0.921. The second kappa shape index (κ2) is 6.56. The lowest BCUT2D eigenvalue weighted by Crippen LogP contribution is -2.21. The first kappa shape index (κ1) is 15.8. The summed E-state index contributed by atoms with van der Waals surface area (Å²) in [6, 6.07) is 4.10. The van der Waals surface area contributed by atoms with Gasteiger partial charge in [-0.15, -0.1) is 0 Å². The zero-order valence-corrected chi connectivity index (χ0v) is 14.1. The number of carbonyl (C=O) groups excluding carboxylic acids is 1. The second-order valence-corrected chi connectivity index (χ2v) is 6.80. The number of anilines is 1. The van der Waals surface area contributed by atoms with Crippen molar-refractivity contribution in [2.75, 3.05) is 5.32 Å². The molecule has 2 aromatic heterocycles. The topological polar surface area (TPSA) is 64.7 Å². The molecule has 0 spiro atoms. The van der Waals surface area contributed by atoms with Crippen molar-refractivity contribution >= 4 is 11.7 Å². The number of hydrogen-bond acceptors (Lipinski definition) is 3. The lowest BCUT2D eigenvalue weighted by atomic mass is 10.1. The highest BCUT2D eigenvalue weighted by Crippen LogP contribution is 2.30. The smallest absolute Gasteiger partial charge is 0.275 e. The number of nitrogens with one attached hydrogen (secondary N) is 1. The Morgan fingerprint density at radius 1 is 1.39 bits per heavy atom. The largest absolute Gasteiger partial charge is 0.305 e. The summed E-state index contributed by atoms with van der Waals surface area (Å²) in [5.41, 5.74) is 1.63. The molecule has 6 heteroatoms. The van der Waals surface area contributed by atoms with Crippen LogP contribution in [0, 0.1) is 5.92 Å². The van der Waals surface area contributed by atoms with Crippen LogP contribution in [0.2, 0.25) is 0 Å². The molecule has 1 aliphatic carbocycles. The third-order valence-electron chi connectivity index (χ3n) is 4.36. The monoisotopic (exact) mass is 315 g/mol. The van der Waals surface area contributed by atoms with Gasteiger partial charge in [0.25, 0.3) is 5.91 Å². The molecule has 1 aliphatic rings. The van der Waals surface area contributed by atoms with E-state index in [0.717, 1.165) is 30.8 Å². The van der Waals surface area contributed by atoms with Crippen LogP contribution in [0.3, 0.4) is 0 Å². The summed E-state index contributed by atoms with van der Waals surface area (Å²) in [6.07, 6.45) is 7.25. The van der Waals surface area contributed by atoms with Crippen molar-refractivity contribution in [1.82, 2.24) is 19.6 Å². The van der Waals surface area contributed by atoms with Crippen molar-refractivity contribution in [3.8, 4) is 0 Å². The van der Waals surface area contributed by atoms with Gasteiger partial charge in [0, 0.05) is 19.3 Å². The molecule has 6 nitrogen and oxygen atoms in total. The first-order chi connectivity index (χ1) is 11.0. The highest BCUT2D eigenvalue weighted by Gasteiger charge is 2.23. The van der Waals surface area contributed by atoms with Gasteiger partial charge in [0.1, 0.15) is 11.5 Å². The Morgan fingerprint density at radius 3 is 2.83 bits per heavy atom. The van der Waals surface area contributed by atoms with Crippen molar-refractivity contribution in [3.63, 3.8) is 0 Å². The number of aromatic nitrogens is 4. The van der Waals surface area contributed by atoms with E-state index in [-0.39, 0.29) is 5.91 Å². The molecule has 1 fully saturated rings. The molecule has 1 N–H and O–H groups in total. The maximum Gasteiger partial charge on any atom is 0.275 e. The van der Waals surface area contributed by atoms with Crippen LogP contribution in [-0.2, 0) is 13.5 Å². The molecule has 2 aromatic rings. The summed E-state index contributed by atoms with van der Waals surface area (Å²) < 4.78 is 3.61. The summed E-state index contributed by atoms with van der Waals surface area (Å²) in [5, 5.41) is 11.8. The average Bonchev–Trinajstić information content (AvgIpc) is 3.19. The number of hydrogen-bond donors (Lipinski definition) is 1. The zero-order valence-electron chi connectivity index (χ0n) is 14.1. The minimum Gasteiger partial charge on any atom is -0.305 e. The summed E-state index contributed by atoms with van der Waals surface area (Å²) in [5.74, 6) is 1.15. The maximum atomic E-state index is 12.6. The van der Waals surface area contributed by atoms with Gasteiger partial charge in [-0.2, -0.15) is 10.2 Å². The van der Waals surface area contributed by atoms with E-state index < -0.39 is 0 Å². The highest BCUT2D eigenvalue weighted by molar-refractivity contribution is 6.02. The molecule has 1 amide bonds. The van der Waals surface area contributed by atoms with E-state index in [1.54, 1.807) is 16.9 Å². The van der Waals surface area contributed by atoms with Crippen LogP contribution in [0.25, 0.3) is 0 Å². The minimum atomic E-state index is -0.117. The number of aryl methyl sites for hydroxylation is 1. The Kier molecular flexibility index (Phi) is 4.50. The summed E-state index contributed by atoms with van der Waals surface area (Å²) >= 11 is 0. The van der Waals surface area contributed by atoms with Crippen molar-refractivity contribution < 1.29 is 4.79 Å². The van der Waals surface area contributed by atoms with Crippen molar-refractivity contribution in [2.45, 2.75) is 52.0 Å². The van der Waals surface area contributed by atoms with Crippen molar-refractivity contribution in [1.29, 1.82) is 0 Å². The van der Waals surface area contributed by atoms with Crippen LogP contribution in [0.4, 0.5) is 5.82 Å². The molecule has 0 radical (unpaired) electrons. The standard InChI is InChI=1S/C17H25N5O/c1-12(2)10-13-11-16(21(3)20-13)19-17(23)15-8-9-18-22(15)14-6-4-5-7-14/h8-9,11-12,14H,4-7,10H2,1-3H3,(H,19,23). The van der Waals surface area contributed by atoms with Crippen LogP contribution < -0.4 is 5.32 Å². The number of carbonyl (C=O) groups is 1. The minimum absolute atomic E-state index is 0.117. The van der Waals surface area contributed by atoms with Gasteiger partial charge < -0.3 is 5.32 Å². The number of amides is 1. The fourth-order valence-electron chi connectivity index (χ4n) is 3.28. The average molecular weight is 315 g/mol. The van der Waals surface area contributed by atoms with Crippen LogP contribution in [0.5, 0.6) is 0 Å². The zero-order chi connectivity index (χ0) is 16.4. The summed E-state index contributed by atoms with van der Waals surface area (Å²) in [4.78, 5) is 12.6. The molecule has 3 rings (SSSR count). The molecule has 0 aromatic carbocycles. The SMILES string of the molecule is CC(C)Cc1cc(NC(=O)c2ccnn2C2CCCC2)n(C)n1. The Morgan fingerprint density at radius 2 is 2.13 bits per heavy atom. The molecule has 0 unspecified atom stereocenters. The van der Waals surface area contributed by atoms with Crippen molar-refractivity contribution in [2.24, 2.45) is 13.0 Å². The maximum absolute atomic E-state index is 12.6. The van der Waals surface area contributed by atoms with Gasteiger partial charge in [-0.25, -0.2) is 0 Å². The Hall–Kier alpha value is -2.11. The first-order valence-corrected chi connectivity index (χ1v) is 8.42. The van der Waals surface area contributed by atoms with E-state index in [0.29, 0.717) is 17.7 Å². The molecule has 2 heterocycles. The first-order valence-electron chi connectivity index (χ1n) is 8.42. The third-order valence-corrected chi connectivity index (χ3v) is 4.36. The molecule has 1 saturated carbocycles. The molecule has 0 atom stereocenters. The molecule has 0 saturated heterocycles. The second-order valence-electron chi connectivity index (χ2n) is 6.80. The Balaban J connectivity index is 1.75. The van der Waals surface area contributed by atoms with Gasteiger partial charge in [-0.05, 0) is 31.2 Å². The van der Waals surface area contributed by atoms with Crippen LogP contribution >= 0.6 is 0 Å². The third kappa shape index (κ3) is 3.46. The van der Waals surface area contributed by atoms with Crippen LogP contribution in [-0.4, -0.2) is 25.5 Å². The van der Waals surface area contributed by atoms with Gasteiger partial charge in [0.05, 0.1) is 11.7 Å².